The standard InChI is InChI=1S/C19H24N4O2/c24-14-19(25)23-11-3-4-16(13-23)7-6-15-8-10-21-18(12-15)22-17-5-1-2-9-20-17/h1-2,5,8-10,12,16,24H,3-4,6-7,11,13-14H2,(H,20,21,22)/t16-/m0/s1. The predicted octanol–water partition coefficient (Wildman–Crippen LogP) is 2.38. The molecule has 2 N–H and O–H groups in total. The second-order valence-electron chi connectivity index (χ2n) is 6.43. The highest BCUT2D eigenvalue weighted by atomic mass is 16.3. The molecule has 1 fully saturated rings. The summed E-state index contributed by atoms with van der Waals surface area (Å²) in [6.07, 6.45) is 7.68. The van der Waals surface area contributed by atoms with Gasteiger partial charge in [-0.2, -0.15) is 0 Å². The fraction of sp³-hybridized carbons (Fsp3) is 0.421. The predicted molar refractivity (Wildman–Crippen MR) is 96.5 cm³/mol. The fourth-order valence-corrected chi connectivity index (χ4v) is 3.26. The summed E-state index contributed by atoms with van der Waals surface area (Å²) in [5.41, 5.74) is 1.22. The number of piperidine rings is 1. The zero-order valence-corrected chi connectivity index (χ0v) is 14.3. The molecule has 6 nitrogen and oxygen atoms in total. The minimum atomic E-state index is -0.389. The molecule has 1 saturated heterocycles. The summed E-state index contributed by atoms with van der Waals surface area (Å²) in [5.74, 6) is 1.90. The molecule has 1 aliphatic rings. The minimum Gasteiger partial charge on any atom is -0.387 e. The van der Waals surface area contributed by atoms with E-state index in [1.807, 2.05) is 36.5 Å². The molecule has 132 valence electrons. The van der Waals surface area contributed by atoms with E-state index in [1.165, 1.54) is 5.56 Å². The van der Waals surface area contributed by atoms with E-state index in [0.717, 1.165) is 50.4 Å². The van der Waals surface area contributed by atoms with Crippen LogP contribution in [0.2, 0.25) is 0 Å². The summed E-state index contributed by atoms with van der Waals surface area (Å²) < 4.78 is 0. The largest absolute Gasteiger partial charge is 0.387 e. The van der Waals surface area contributed by atoms with E-state index in [2.05, 4.69) is 15.3 Å². The van der Waals surface area contributed by atoms with Crippen molar-refractivity contribution in [2.24, 2.45) is 5.92 Å². The number of aliphatic hydroxyl groups is 1. The number of anilines is 2. The van der Waals surface area contributed by atoms with E-state index in [4.69, 9.17) is 5.11 Å². The number of nitrogens with zero attached hydrogens (tertiary/aromatic N) is 3. The molecule has 2 aromatic rings. The zero-order valence-electron chi connectivity index (χ0n) is 14.3. The van der Waals surface area contributed by atoms with Gasteiger partial charge in [0.05, 0.1) is 0 Å². The summed E-state index contributed by atoms with van der Waals surface area (Å²) in [6, 6.07) is 9.80. The molecular formula is C19H24N4O2. The molecule has 6 heteroatoms. The second kappa shape index (κ2) is 8.58. The number of aromatic nitrogens is 2. The number of aliphatic hydroxyl groups excluding tert-OH is 1. The van der Waals surface area contributed by atoms with Crippen molar-refractivity contribution in [3.05, 3.63) is 48.3 Å². The van der Waals surface area contributed by atoms with E-state index in [1.54, 1.807) is 11.1 Å². The highest BCUT2D eigenvalue weighted by Gasteiger charge is 2.22. The Kier molecular flexibility index (Phi) is 5.95. The van der Waals surface area contributed by atoms with Crippen LogP contribution in [0.25, 0.3) is 0 Å². The van der Waals surface area contributed by atoms with Gasteiger partial charge in [0, 0.05) is 25.5 Å². The molecule has 25 heavy (non-hydrogen) atoms. The highest BCUT2D eigenvalue weighted by Crippen LogP contribution is 2.22. The van der Waals surface area contributed by atoms with E-state index < -0.39 is 0 Å². The van der Waals surface area contributed by atoms with Crippen LogP contribution in [-0.4, -0.2) is 45.6 Å². The van der Waals surface area contributed by atoms with Crippen LogP contribution in [0.5, 0.6) is 0 Å². The lowest BCUT2D eigenvalue weighted by Gasteiger charge is -2.32. The number of hydrogen-bond acceptors (Lipinski definition) is 5. The first-order chi connectivity index (χ1) is 12.2. The van der Waals surface area contributed by atoms with Gasteiger partial charge >= 0.3 is 0 Å². The Labute approximate surface area is 147 Å². The number of aryl methyl sites for hydroxylation is 1. The van der Waals surface area contributed by atoms with E-state index in [-0.39, 0.29) is 12.5 Å². The summed E-state index contributed by atoms with van der Waals surface area (Å²) in [5, 5.41) is 12.2. The lowest BCUT2D eigenvalue weighted by molar-refractivity contribution is -0.136. The van der Waals surface area contributed by atoms with Gasteiger partial charge in [0.2, 0.25) is 5.91 Å². The number of hydrogen-bond donors (Lipinski definition) is 2. The monoisotopic (exact) mass is 340 g/mol. The molecule has 0 spiro atoms. The van der Waals surface area contributed by atoms with Gasteiger partial charge in [-0.25, -0.2) is 9.97 Å². The van der Waals surface area contributed by atoms with Crippen molar-refractivity contribution >= 4 is 17.5 Å². The molecule has 1 atom stereocenters. The molecule has 0 saturated carbocycles. The number of carbonyl (C=O) groups is 1. The smallest absolute Gasteiger partial charge is 0.248 e. The molecule has 1 amide bonds. The van der Waals surface area contributed by atoms with Crippen molar-refractivity contribution in [2.45, 2.75) is 25.7 Å². The fourth-order valence-electron chi connectivity index (χ4n) is 3.26. The Bertz CT molecular complexity index is 693. The Morgan fingerprint density at radius 2 is 2.12 bits per heavy atom. The molecule has 3 heterocycles. The van der Waals surface area contributed by atoms with Gasteiger partial charge in [-0.3, -0.25) is 4.79 Å². The molecule has 1 aliphatic heterocycles. The second-order valence-corrected chi connectivity index (χ2v) is 6.43. The van der Waals surface area contributed by atoms with Gasteiger partial charge in [0.15, 0.2) is 0 Å². The maximum atomic E-state index is 11.7. The third-order valence-corrected chi connectivity index (χ3v) is 4.59. The molecule has 3 rings (SSSR count). The van der Waals surface area contributed by atoms with Crippen LogP contribution in [0.1, 0.15) is 24.8 Å². The quantitative estimate of drug-likeness (QED) is 0.844. The average molecular weight is 340 g/mol. The number of rotatable bonds is 6. The number of likely N-dealkylation sites (tertiary alicyclic amines) is 1. The van der Waals surface area contributed by atoms with Crippen LogP contribution < -0.4 is 5.32 Å². The van der Waals surface area contributed by atoms with Gasteiger partial charge in [0.1, 0.15) is 18.2 Å². The van der Waals surface area contributed by atoms with E-state index in [9.17, 15) is 4.79 Å². The Balaban J connectivity index is 1.54. The topological polar surface area (TPSA) is 78.3 Å². The molecule has 0 aromatic carbocycles. The van der Waals surface area contributed by atoms with Crippen LogP contribution in [0, 0.1) is 5.92 Å². The first kappa shape index (κ1) is 17.4. The lowest BCUT2D eigenvalue weighted by atomic mass is 9.92. The number of pyridine rings is 2. The Morgan fingerprint density at radius 3 is 2.92 bits per heavy atom. The van der Waals surface area contributed by atoms with Crippen LogP contribution in [0.15, 0.2) is 42.7 Å². The van der Waals surface area contributed by atoms with Gasteiger partial charge in [-0.15, -0.1) is 0 Å². The maximum absolute atomic E-state index is 11.7. The summed E-state index contributed by atoms with van der Waals surface area (Å²) >= 11 is 0. The summed E-state index contributed by atoms with van der Waals surface area (Å²) in [6.45, 7) is 1.13. The molecule has 0 aliphatic carbocycles. The third-order valence-electron chi connectivity index (χ3n) is 4.59. The third kappa shape index (κ3) is 5.00. The molecule has 0 unspecified atom stereocenters. The van der Waals surface area contributed by atoms with Gasteiger partial charge in [-0.05, 0) is 61.4 Å². The normalized spacial score (nSPS) is 17.3. The minimum absolute atomic E-state index is 0.157. The van der Waals surface area contributed by atoms with Gasteiger partial charge in [0.25, 0.3) is 0 Å². The Hall–Kier alpha value is -2.47. The number of nitrogens with one attached hydrogen (secondary N) is 1. The van der Waals surface area contributed by atoms with Crippen molar-refractivity contribution in [1.29, 1.82) is 0 Å². The first-order valence-electron chi connectivity index (χ1n) is 8.76. The van der Waals surface area contributed by atoms with Crippen LogP contribution in [0.3, 0.4) is 0 Å². The SMILES string of the molecule is O=C(CO)N1CCC[C@@H](CCc2ccnc(Nc3ccccn3)c2)C1. The molecule has 0 bridgehead atoms. The van der Waals surface area contributed by atoms with Crippen molar-refractivity contribution in [1.82, 2.24) is 14.9 Å². The van der Waals surface area contributed by atoms with Crippen molar-refractivity contribution < 1.29 is 9.90 Å². The first-order valence-corrected chi connectivity index (χ1v) is 8.76. The van der Waals surface area contributed by atoms with Crippen LogP contribution in [0.4, 0.5) is 11.6 Å². The molecule has 0 radical (unpaired) electrons. The van der Waals surface area contributed by atoms with Gasteiger partial charge in [-0.1, -0.05) is 6.07 Å². The Morgan fingerprint density at radius 1 is 1.24 bits per heavy atom. The van der Waals surface area contributed by atoms with E-state index in [0.29, 0.717) is 5.92 Å². The molecule has 2 aromatic heterocycles. The highest BCUT2D eigenvalue weighted by molar-refractivity contribution is 5.77. The van der Waals surface area contributed by atoms with Gasteiger partial charge < -0.3 is 15.3 Å². The van der Waals surface area contributed by atoms with Crippen LogP contribution in [-0.2, 0) is 11.2 Å². The zero-order chi connectivity index (χ0) is 17.5. The number of carbonyl (C=O) groups excluding carboxylic acids is 1. The average Bonchev–Trinajstić information content (AvgIpc) is 2.67. The maximum Gasteiger partial charge on any atom is 0.248 e. The van der Waals surface area contributed by atoms with Crippen molar-refractivity contribution in [3.8, 4) is 0 Å². The van der Waals surface area contributed by atoms with E-state index >= 15 is 0 Å². The summed E-state index contributed by atoms with van der Waals surface area (Å²) in [7, 11) is 0. The number of amides is 1. The lowest BCUT2D eigenvalue weighted by Crippen LogP contribution is -2.41. The van der Waals surface area contributed by atoms with Crippen molar-refractivity contribution in [2.75, 3.05) is 25.0 Å². The summed E-state index contributed by atoms with van der Waals surface area (Å²) in [4.78, 5) is 22.0. The van der Waals surface area contributed by atoms with Crippen LogP contribution >= 0.6 is 0 Å². The van der Waals surface area contributed by atoms with Crippen molar-refractivity contribution in [3.63, 3.8) is 0 Å². The molecular weight excluding hydrogens is 316 g/mol.